The fraction of sp³-hybridized carbons (Fsp3) is 0.455. The summed E-state index contributed by atoms with van der Waals surface area (Å²) in [7, 11) is 1.47. The van der Waals surface area contributed by atoms with Crippen LogP contribution in [0, 0.1) is 17.6 Å². The topological polar surface area (TPSA) is 202 Å². The Morgan fingerprint density at radius 3 is 2.23 bits per heavy atom. The first-order valence-electron chi connectivity index (χ1n) is 25.8. The van der Waals surface area contributed by atoms with Crippen LogP contribution >= 0.6 is 0 Å². The minimum Gasteiger partial charge on any atom is -0.493 e. The van der Waals surface area contributed by atoms with Crippen molar-refractivity contribution in [2.45, 2.75) is 110 Å². The van der Waals surface area contributed by atoms with Gasteiger partial charge in [-0.1, -0.05) is 19.1 Å². The number of amides is 1. The lowest BCUT2D eigenvalue weighted by Gasteiger charge is -2.37. The molecule has 77 heavy (non-hydrogen) atoms. The molecule has 0 aliphatic carbocycles. The lowest BCUT2D eigenvalue weighted by molar-refractivity contribution is -0.753. The number of hydrogen-bond acceptors (Lipinski definition) is 15. The van der Waals surface area contributed by atoms with E-state index in [2.05, 4.69) is 25.0 Å². The number of pyridine rings is 1. The second-order valence-corrected chi connectivity index (χ2v) is 20.4. The molecule has 1 amide bonds. The Morgan fingerprint density at radius 1 is 0.922 bits per heavy atom. The monoisotopic (exact) mass is 1070 g/mol. The molecule has 2 fully saturated rings. The third-order valence-corrected chi connectivity index (χ3v) is 13.6. The summed E-state index contributed by atoms with van der Waals surface area (Å²) in [6.07, 6.45) is 4.26. The fourth-order valence-electron chi connectivity index (χ4n) is 9.58. The zero-order valence-electron chi connectivity index (χ0n) is 44.5. The van der Waals surface area contributed by atoms with Gasteiger partial charge in [-0.2, -0.15) is 9.67 Å². The minimum atomic E-state index is -1.25. The Kier molecular flexibility index (Phi) is 17.4. The van der Waals surface area contributed by atoms with Crippen LogP contribution < -0.4 is 29.7 Å². The smallest absolute Gasteiger partial charge is 0.418 e. The molecule has 1 N–H and O–H groups in total. The first-order valence-corrected chi connectivity index (χ1v) is 25.8. The van der Waals surface area contributed by atoms with Crippen LogP contribution in [0.25, 0.3) is 5.69 Å². The van der Waals surface area contributed by atoms with Gasteiger partial charge in [0.15, 0.2) is 0 Å². The van der Waals surface area contributed by atoms with Gasteiger partial charge in [0.25, 0.3) is 6.33 Å². The van der Waals surface area contributed by atoms with Crippen molar-refractivity contribution in [1.29, 1.82) is 0 Å². The van der Waals surface area contributed by atoms with Crippen molar-refractivity contribution in [2.24, 2.45) is 5.92 Å². The number of hydrogen-bond donors (Lipinski definition) is 1. The lowest BCUT2D eigenvalue weighted by atomic mass is 9.87. The molecule has 0 bridgehead atoms. The standard InChI is InChI=1S/C55H67F2N10O10/c1-8-48(37(2)68)67-52(71)66(35-60-67)44-14-12-42(13-15-44)62-24-26-63(27-25-62)43-16-18-45(19-17-43)73-30-39-29-55(75-31-39,46-20-11-41(56)28-47(46)57)33-65-36-64(34-59-65)38(3)76-53(72)61(7)51-40(10-9-23-58-51)32-74-49(69)21-22-50(70)77-54(4,5)6/h9-20,23,28,34-39,48,68H,8,21-22,24-27,29-33H2,1-7H3/q+1/t37-,38?,39+,48-,55-/m0/s1. The van der Waals surface area contributed by atoms with E-state index in [1.807, 2.05) is 55.5 Å². The number of nitrogens with zero attached hydrogens (tertiary/aromatic N) is 10. The maximum Gasteiger partial charge on any atom is 0.418 e. The second-order valence-electron chi connectivity index (χ2n) is 20.4. The lowest BCUT2D eigenvalue weighted by Crippen LogP contribution is -2.46. The molecule has 20 nitrogen and oxygen atoms in total. The molecule has 8 rings (SSSR count). The number of aliphatic hydroxyl groups is 1. The van der Waals surface area contributed by atoms with Crippen molar-refractivity contribution in [3.63, 3.8) is 0 Å². The Labute approximate surface area is 445 Å². The van der Waals surface area contributed by atoms with Crippen molar-refractivity contribution in [3.8, 4) is 11.4 Å². The number of halogens is 2. The number of piperazine rings is 1. The van der Waals surface area contributed by atoms with Crippen molar-refractivity contribution < 1.29 is 56.5 Å². The first kappa shape index (κ1) is 55.5. The zero-order valence-corrected chi connectivity index (χ0v) is 44.5. The SMILES string of the molecule is CC[C@@H]([C@H](C)O)n1ncn(-c2ccc(N3CCN(c4ccc(OC[C@@H]5CO[C@@](Cn6c[n+](C(C)OC(=O)N(C)c7ncccc7COC(=O)CCC(=O)OC(C)(C)C)cn6)(c6ccc(F)cc6F)C5)cc4)CC3)cc2)c1=O. The van der Waals surface area contributed by atoms with Crippen LogP contribution in [-0.2, 0) is 47.3 Å². The average molecular weight is 1070 g/mol. The van der Waals surface area contributed by atoms with E-state index in [1.54, 1.807) is 62.3 Å². The third-order valence-electron chi connectivity index (χ3n) is 13.6. The Balaban J connectivity index is 0.833. The van der Waals surface area contributed by atoms with Gasteiger partial charge in [-0.05, 0) is 101 Å². The third kappa shape index (κ3) is 13.6. The number of esters is 2. The summed E-state index contributed by atoms with van der Waals surface area (Å²) in [4.78, 5) is 61.2. The van der Waals surface area contributed by atoms with Gasteiger partial charge in [-0.3, -0.25) is 14.5 Å². The summed E-state index contributed by atoms with van der Waals surface area (Å²) in [6, 6.07) is 22.0. The molecule has 5 atom stereocenters. The second kappa shape index (κ2) is 24.1. The summed E-state index contributed by atoms with van der Waals surface area (Å²) < 4.78 is 65.0. The van der Waals surface area contributed by atoms with Gasteiger partial charge < -0.3 is 38.6 Å². The number of anilines is 3. The number of carbonyl (C=O) groups excluding carboxylic acids is 3. The van der Waals surface area contributed by atoms with E-state index < -0.39 is 59.2 Å². The van der Waals surface area contributed by atoms with Gasteiger partial charge >= 0.3 is 23.7 Å². The molecule has 2 saturated heterocycles. The highest BCUT2D eigenvalue weighted by Crippen LogP contribution is 2.42. The van der Waals surface area contributed by atoms with Crippen LogP contribution in [0.4, 0.5) is 30.8 Å². The van der Waals surface area contributed by atoms with E-state index in [0.29, 0.717) is 29.8 Å². The highest BCUT2D eigenvalue weighted by Gasteiger charge is 2.46. The quantitative estimate of drug-likeness (QED) is 0.0474. The van der Waals surface area contributed by atoms with Crippen LogP contribution in [0.2, 0.25) is 0 Å². The summed E-state index contributed by atoms with van der Waals surface area (Å²) in [6.45, 7) is 13.9. The van der Waals surface area contributed by atoms with E-state index in [0.717, 1.165) is 43.6 Å². The van der Waals surface area contributed by atoms with Crippen molar-refractivity contribution in [1.82, 2.24) is 29.1 Å². The molecule has 2 aliphatic rings. The summed E-state index contributed by atoms with van der Waals surface area (Å²) in [5, 5.41) is 18.9. The van der Waals surface area contributed by atoms with Crippen LogP contribution in [-0.4, -0.2) is 110 Å². The average Bonchev–Trinajstić information content (AvgIpc) is 4.22. The van der Waals surface area contributed by atoms with Gasteiger partial charge in [0.05, 0.1) is 43.9 Å². The maximum atomic E-state index is 15.7. The minimum absolute atomic E-state index is 0.0412. The number of rotatable bonds is 20. The number of ether oxygens (including phenoxy) is 5. The molecule has 22 heteroatoms. The number of benzene rings is 3. The molecule has 0 radical (unpaired) electrons. The van der Waals surface area contributed by atoms with E-state index in [4.69, 9.17) is 23.7 Å². The molecule has 2 aliphatic heterocycles. The summed E-state index contributed by atoms with van der Waals surface area (Å²) in [5.41, 5.74) is 1.18. The van der Waals surface area contributed by atoms with E-state index in [9.17, 15) is 28.7 Å². The normalized spacial score (nSPS) is 17.9. The molecule has 6 aromatic rings. The number of aromatic nitrogens is 7. The molecule has 3 aromatic carbocycles. The van der Waals surface area contributed by atoms with Crippen LogP contribution in [0.15, 0.2) is 109 Å². The predicted octanol–water partition coefficient (Wildman–Crippen LogP) is 6.82. The highest BCUT2D eigenvalue weighted by atomic mass is 19.1. The largest absolute Gasteiger partial charge is 0.493 e. The van der Waals surface area contributed by atoms with E-state index >= 15 is 4.39 Å². The molecular formula is C55H67F2N10O10+. The van der Waals surface area contributed by atoms with Crippen molar-refractivity contribution in [2.75, 3.05) is 61.1 Å². The summed E-state index contributed by atoms with van der Waals surface area (Å²) >= 11 is 0. The van der Waals surface area contributed by atoms with Crippen molar-refractivity contribution in [3.05, 3.63) is 137 Å². The molecule has 0 saturated carbocycles. The molecule has 3 aromatic heterocycles. The molecular weight excluding hydrogens is 999 g/mol. The Morgan fingerprint density at radius 2 is 1.58 bits per heavy atom. The Hall–Kier alpha value is -7.72. The molecule has 5 heterocycles. The first-order chi connectivity index (χ1) is 36.8. The van der Waals surface area contributed by atoms with E-state index in [-0.39, 0.29) is 62.2 Å². The molecule has 410 valence electrons. The van der Waals surface area contributed by atoms with Gasteiger partial charge in [0, 0.05) is 85.9 Å². The van der Waals surface area contributed by atoms with Gasteiger partial charge in [-0.15, -0.1) is 4.68 Å². The van der Waals surface area contributed by atoms with Crippen molar-refractivity contribution >= 4 is 35.2 Å². The van der Waals surface area contributed by atoms with E-state index in [1.165, 1.54) is 52.2 Å². The van der Waals surface area contributed by atoms with Crippen LogP contribution in [0.5, 0.6) is 5.75 Å². The zero-order chi connectivity index (χ0) is 55.0. The van der Waals surface area contributed by atoms with Crippen LogP contribution in [0.3, 0.4) is 0 Å². The van der Waals surface area contributed by atoms with Gasteiger partial charge in [-0.25, -0.2) is 32.6 Å². The van der Waals surface area contributed by atoms with Gasteiger partial charge in [0.1, 0.15) is 53.9 Å². The molecule has 0 spiro atoms. The summed E-state index contributed by atoms with van der Waals surface area (Å²) in [5.74, 6) is -1.93. The van der Waals surface area contributed by atoms with Crippen LogP contribution in [0.1, 0.15) is 90.6 Å². The predicted molar refractivity (Wildman–Crippen MR) is 278 cm³/mol. The highest BCUT2D eigenvalue weighted by molar-refractivity contribution is 5.86. The fourth-order valence-corrected chi connectivity index (χ4v) is 9.58. The Bertz CT molecular complexity index is 3040. The number of carbonyl (C=O) groups is 3. The van der Waals surface area contributed by atoms with Gasteiger partial charge in [0.2, 0.25) is 12.6 Å². The number of aliphatic hydroxyl groups excluding tert-OH is 1. The molecule has 1 unspecified atom stereocenters. The maximum absolute atomic E-state index is 15.7.